The molecule has 0 aliphatic rings. The molecule has 7 heteroatoms. The number of carbonyl (C=O) groups is 3. The summed E-state index contributed by atoms with van der Waals surface area (Å²) in [7, 11) is 1.29. The molecule has 24 heavy (non-hydrogen) atoms. The van der Waals surface area contributed by atoms with Crippen LogP contribution in [0.3, 0.4) is 0 Å². The molecule has 0 amide bonds. The summed E-state index contributed by atoms with van der Waals surface area (Å²) in [6, 6.07) is 6.51. The van der Waals surface area contributed by atoms with Crippen molar-refractivity contribution in [1.82, 2.24) is 4.98 Å². The summed E-state index contributed by atoms with van der Waals surface area (Å²) in [6.45, 7) is 3.38. The molecule has 1 aromatic carbocycles. The van der Waals surface area contributed by atoms with Crippen LogP contribution in [0.5, 0.6) is 0 Å². The van der Waals surface area contributed by atoms with Gasteiger partial charge in [0.05, 0.1) is 29.7 Å². The number of ketones is 1. The summed E-state index contributed by atoms with van der Waals surface area (Å²) in [6.07, 6.45) is 0. The molecule has 0 aliphatic carbocycles. The third-order valence-corrected chi connectivity index (χ3v) is 4.66. The molecule has 0 saturated heterocycles. The van der Waals surface area contributed by atoms with Gasteiger partial charge in [0.2, 0.25) is 0 Å². The zero-order valence-corrected chi connectivity index (χ0v) is 14.3. The smallest absolute Gasteiger partial charge is 0.339 e. The van der Waals surface area contributed by atoms with Crippen LogP contribution in [0, 0.1) is 13.8 Å². The first-order valence-electron chi connectivity index (χ1n) is 7.12. The first-order valence-corrected chi connectivity index (χ1v) is 8.11. The van der Waals surface area contributed by atoms with Gasteiger partial charge in [-0.15, -0.1) is 11.8 Å². The fraction of sp³-hybridized carbons (Fsp3) is 0.235. The second-order valence-electron chi connectivity index (χ2n) is 5.13. The minimum absolute atomic E-state index is 0.0612. The molecule has 0 bridgehead atoms. The number of hydrogen-bond donors (Lipinski definition) is 2. The second-order valence-corrected chi connectivity index (χ2v) is 6.15. The maximum absolute atomic E-state index is 12.4. The van der Waals surface area contributed by atoms with Crippen molar-refractivity contribution >= 4 is 29.5 Å². The second kappa shape index (κ2) is 7.35. The maximum Gasteiger partial charge on any atom is 0.339 e. The molecule has 0 atom stereocenters. The van der Waals surface area contributed by atoms with E-state index in [1.165, 1.54) is 13.2 Å². The van der Waals surface area contributed by atoms with E-state index in [1.54, 1.807) is 32.0 Å². The number of aromatic nitrogens is 1. The predicted octanol–water partition coefficient (Wildman–Crippen LogP) is 3.09. The number of esters is 1. The Balaban J connectivity index is 2.20. The Hall–Kier alpha value is -2.54. The molecule has 0 radical (unpaired) electrons. The molecule has 0 unspecified atom stereocenters. The van der Waals surface area contributed by atoms with Crippen molar-refractivity contribution in [3.05, 3.63) is 52.3 Å². The van der Waals surface area contributed by atoms with Crippen molar-refractivity contribution in [2.45, 2.75) is 18.7 Å². The lowest BCUT2D eigenvalue weighted by Crippen LogP contribution is -2.07. The van der Waals surface area contributed by atoms with Crippen LogP contribution in [0.1, 0.15) is 42.5 Å². The highest BCUT2D eigenvalue weighted by Gasteiger charge is 2.22. The molecular weight excluding hydrogens is 330 g/mol. The lowest BCUT2D eigenvalue weighted by atomic mass is 10.1. The first-order chi connectivity index (χ1) is 11.4. The van der Waals surface area contributed by atoms with Gasteiger partial charge in [-0.3, -0.25) is 4.79 Å². The fourth-order valence-corrected chi connectivity index (χ4v) is 3.34. The van der Waals surface area contributed by atoms with E-state index in [2.05, 4.69) is 4.98 Å². The van der Waals surface area contributed by atoms with Gasteiger partial charge in [-0.2, -0.15) is 0 Å². The SMILES string of the molecule is COC(=O)c1c(C)[nH]c(C(=O)CSc2ccccc2C(=O)O)c1C. The monoisotopic (exact) mass is 347 g/mol. The van der Waals surface area contributed by atoms with E-state index in [-0.39, 0.29) is 17.1 Å². The number of thioether (sulfide) groups is 1. The van der Waals surface area contributed by atoms with Gasteiger partial charge < -0.3 is 14.8 Å². The molecule has 0 saturated carbocycles. The van der Waals surface area contributed by atoms with Crippen molar-refractivity contribution in [3.8, 4) is 0 Å². The van der Waals surface area contributed by atoms with Crippen LogP contribution in [0.4, 0.5) is 0 Å². The number of rotatable bonds is 6. The van der Waals surface area contributed by atoms with E-state index in [0.29, 0.717) is 27.4 Å². The first kappa shape index (κ1) is 17.8. The molecule has 2 aromatic rings. The normalized spacial score (nSPS) is 10.5. The molecule has 1 aromatic heterocycles. The average molecular weight is 347 g/mol. The number of aryl methyl sites for hydroxylation is 1. The molecular formula is C17H17NO5S. The average Bonchev–Trinajstić information content (AvgIpc) is 2.86. The van der Waals surface area contributed by atoms with Gasteiger partial charge in [0.1, 0.15) is 0 Å². The minimum Gasteiger partial charge on any atom is -0.478 e. The van der Waals surface area contributed by atoms with Crippen molar-refractivity contribution in [2.24, 2.45) is 0 Å². The number of aromatic carboxylic acids is 1. The van der Waals surface area contributed by atoms with Crippen LogP contribution in [-0.2, 0) is 4.74 Å². The van der Waals surface area contributed by atoms with E-state index in [4.69, 9.17) is 9.84 Å². The lowest BCUT2D eigenvalue weighted by molar-refractivity contribution is 0.0598. The van der Waals surface area contributed by atoms with Crippen molar-refractivity contribution < 1.29 is 24.2 Å². The van der Waals surface area contributed by atoms with Crippen LogP contribution in [0.2, 0.25) is 0 Å². The Morgan fingerprint density at radius 2 is 1.88 bits per heavy atom. The standard InChI is InChI=1S/C17H17NO5S/c1-9-14(17(22)23-3)10(2)18-15(9)12(19)8-24-13-7-5-4-6-11(13)16(20)21/h4-7,18H,8H2,1-3H3,(H,20,21). The Bertz CT molecular complexity index is 809. The highest BCUT2D eigenvalue weighted by Crippen LogP contribution is 2.25. The van der Waals surface area contributed by atoms with Crippen molar-refractivity contribution in [3.63, 3.8) is 0 Å². The molecule has 0 spiro atoms. The zero-order valence-electron chi connectivity index (χ0n) is 13.5. The quantitative estimate of drug-likeness (QED) is 0.473. The third-order valence-electron chi connectivity index (χ3n) is 3.58. The number of hydrogen-bond acceptors (Lipinski definition) is 5. The Morgan fingerprint density at radius 3 is 2.50 bits per heavy atom. The number of ether oxygens (including phenoxy) is 1. The van der Waals surface area contributed by atoms with Gasteiger partial charge in [-0.1, -0.05) is 12.1 Å². The number of nitrogens with one attached hydrogen (secondary N) is 1. The number of carbonyl (C=O) groups excluding carboxylic acids is 2. The molecule has 0 aliphatic heterocycles. The molecule has 2 rings (SSSR count). The molecule has 6 nitrogen and oxygen atoms in total. The summed E-state index contributed by atoms with van der Waals surface area (Å²) in [4.78, 5) is 38.8. The van der Waals surface area contributed by atoms with Gasteiger partial charge in [-0.05, 0) is 31.5 Å². The van der Waals surface area contributed by atoms with Crippen LogP contribution in [0.25, 0.3) is 0 Å². The highest BCUT2D eigenvalue weighted by atomic mass is 32.2. The summed E-state index contributed by atoms with van der Waals surface area (Å²) in [5.41, 5.74) is 1.96. The summed E-state index contributed by atoms with van der Waals surface area (Å²) in [5.74, 6) is -1.68. The Morgan fingerprint density at radius 1 is 1.21 bits per heavy atom. The number of methoxy groups -OCH3 is 1. The van der Waals surface area contributed by atoms with Gasteiger partial charge in [0, 0.05) is 10.6 Å². The largest absolute Gasteiger partial charge is 0.478 e. The van der Waals surface area contributed by atoms with Gasteiger partial charge >= 0.3 is 11.9 Å². The number of benzene rings is 1. The fourth-order valence-electron chi connectivity index (χ4n) is 2.42. The predicted molar refractivity (Wildman–Crippen MR) is 90.1 cm³/mol. The zero-order chi connectivity index (χ0) is 17.9. The number of carboxylic acids is 1. The Kier molecular flexibility index (Phi) is 5.46. The Labute approximate surface area is 143 Å². The van der Waals surface area contributed by atoms with Crippen molar-refractivity contribution in [1.29, 1.82) is 0 Å². The molecule has 0 fully saturated rings. The van der Waals surface area contributed by atoms with Crippen LogP contribution in [-0.4, -0.2) is 40.7 Å². The van der Waals surface area contributed by atoms with E-state index < -0.39 is 11.9 Å². The molecule has 1 heterocycles. The lowest BCUT2D eigenvalue weighted by Gasteiger charge is -2.05. The number of aromatic amines is 1. The van der Waals surface area contributed by atoms with E-state index in [0.717, 1.165) is 11.8 Å². The van der Waals surface area contributed by atoms with Gasteiger partial charge in [-0.25, -0.2) is 9.59 Å². The van der Waals surface area contributed by atoms with Gasteiger partial charge in [0.25, 0.3) is 0 Å². The maximum atomic E-state index is 12.4. The number of Topliss-reactive ketones (excluding diaryl/α,β-unsaturated/α-hetero) is 1. The van der Waals surface area contributed by atoms with E-state index >= 15 is 0 Å². The van der Waals surface area contributed by atoms with E-state index in [9.17, 15) is 14.4 Å². The molecule has 2 N–H and O–H groups in total. The third kappa shape index (κ3) is 3.51. The minimum atomic E-state index is -1.04. The van der Waals surface area contributed by atoms with Gasteiger partial charge in [0.15, 0.2) is 5.78 Å². The highest BCUT2D eigenvalue weighted by molar-refractivity contribution is 8.00. The van der Waals surface area contributed by atoms with Crippen LogP contribution in [0.15, 0.2) is 29.2 Å². The van der Waals surface area contributed by atoms with Crippen LogP contribution < -0.4 is 0 Å². The topological polar surface area (TPSA) is 96.5 Å². The summed E-state index contributed by atoms with van der Waals surface area (Å²) >= 11 is 1.15. The van der Waals surface area contributed by atoms with E-state index in [1.807, 2.05) is 0 Å². The van der Waals surface area contributed by atoms with Crippen molar-refractivity contribution in [2.75, 3.05) is 12.9 Å². The molecule has 126 valence electrons. The number of H-pyrrole nitrogens is 1. The van der Waals surface area contributed by atoms with Crippen LogP contribution >= 0.6 is 11.8 Å². The summed E-state index contributed by atoms with van der Waals surface area (Å²) < 4.78 is 4.72. The summed E-state index contributed by atoms with van der Waals surface area (Å²) in [5, 5.41) is 9.16. The number of carboxylic acid groups (broad SMARTS) is 1.